The van der Waals surface area contributed by atoms with E-state index in [9.17, 15) is 4.79 Å². The SMILES string of the molecule is CCOC(=O)c1ccc(NC2C(C)CC3CC(C)CC2C3)c(NCc2ccncn2)c1. The lowest BCUT2D eigenvalue weighted by atomic mass is 9.63. The summed E-state index contributed by atoms with van der Waals surface area (Å²) in [7, 11) is 0. The Bertz CT molecular complexity index is 884. The molecule has 1 aromatic carbocycles. The van der Waals surface area contributed by atoms with E-state index in [1.165, 1.54) is 25.7 Å². The Labute approximate surface area is 185 Å². The number of hydrogen-bond acceptors (Lipinski definition) is 6. The molecule has 2 aliphatic rings. The zero-order valence-corrected chi connectivity index (χ0v) is 18.8. The highest BCUT2D eigenvalue weighted by Gasteiger charge is 2.40. The van der Waals surface area contributed by atoms with Gasteiger partial charge in [-0.3, -0.25) is 0 Å². The van der Waals surface area contributed by atoms with Gasteiger partial charge in [-0.1, -0.05) is 13.8 Å². The molecule has 5 atom stereocenters. The van der Waals surface area contributed by atoms with Gasteiger partial charge in [0.05, 0.1) is 35.8 Å². The molecule has 2 fully saturated rings. The molecule has 2 aliphatic carbocycles. The van der Waals surface area contributed by atoms with Crippen LogP contribution in [0.3, 0.4) is 0 Å². The van der Waals surface area contributed by atoms with Crippen molar-refractivity contribution < 1.29 is 9.53 Å². The molecule has 6 nitrogen and oxygen atoms in total. The summed E-state index contributed by atoms with van der Waals surface area (Å²) in [4.78, 5) is 20.6. The molecule has 31 heavy (non-hydrogen) atoms. The Kier molecular flexibility index (Phi) is 6.73. The molecule has 4 rings (SSSR count). The molecule has 0 amide bonds. The quantitative estimate of drug-likeness (QED) is 0.602. The van der Waals surface area contributed by atoms with Crippen molar-refractivity contribution in [2.24, 2.45) is 23.7 Å². The molecule has 5 unspecified atom stereocenters. The number of carbonyl (C=O) groups excluding carboxylic acids is 1. The van der Waals surface area contributed by atoms with Crippen LogP contribution in [0, 0.1) is 23.7 Å². The highest BCUT2D eigenvalue weighted by Crippen LogP contribution is 2.46. The Hall–Kier alpha value is -2.63. The zero-order chi connectivity index (χ0) is 21.8. The number of nitrogens with zero attached hydrogens (tertiary/aromatic N) is 2. The lowest BCUT2D eigenvalue weighted by Crippen LogP contribution is -2.45. The number of aromatic nitrogens is 2. The number of anilines is 2. The van der Waals surface area contributed by atoms with Crippen LogP contribution in [0.25, 0.3) is 0 Å². The summed E-state index contributed by atoms with van der Waals surface area (Å²) in [6, 6.07) is 8.10. The van der Waals surface area contributed by atoms with Crippen LogP contribution < -0.4 is 10.6 Å². The Morgan fingerprint density at radius 3 is 2.77 bits per heavy atom. The monoisotopic (exact) mass is 422 g/mol. The van der Waals surface area contributed by atoms with Gasteiger partial charge in [0.25, 0.3) is 0 Å². The van der Waals surface area contributed by atoms with E-state index in [-0.39, 0.29) is 5.97 Å². The molecule has 0 radical (unpaired) electrons. The Balaban J connectivity index is 1.57. The normalized spacial score (nSPS) is 27.4. The second-order valence-corrected chi connectivity index (χ2v) is 9.36. The van der Waals surface area contributed by atoms with E-state index in [1.807, 2.05) is 31.2 Å². The number of ether oxygens (including phenoxy) is 1. The molecule has 1 heterocycles. The first kappa shape index (κ1) is 21.6. The summed E-state index contributed by atoms with van der Waals surface area (Å²) in [6.07, 6.45) is 8.59. The third kappa shape index (κ3) is 5.17. The summed E-state index contributed by atoms with van der Waals surface area (Å²) in [5, 5.41) is 7.34. The van der Waals surface area contributed by atoms with Crippen molar-refractivity contribution in [3.8, 4) is 0 Å². The summed E-state index contributed by atoms with van der Waals surface area (Å²) < 4.78 is 5.21. The Morgan fingerprint density at radius 2 is 2.00 bits per heavy atom. The summed E-state index contributed by atoms with van der Waals surface area (Å²) in [5.41, 5.74) is 3.40. The van der Waals surface area contributed by atoms with Crippen LogP contribution >= 0.6 is 0 Å². The number of benzene rings is 1. The van der Waals surface area contributed by atoms with Crippen molar-refractivity contribution in [2.45, 2.75) is 59.0 Å². The first-order valence-electron chi connectivity index (χ1n) is 11.6. The summed E-state index contributed by atoms with van der Waals surface area (Å²) >= 11 is 0. The number of fused-ring (bicyclic) bond motifs is 2. The van der Waals surface area contributed by atoms with Crippen LogP contribution in [0.2, 0.25) is 0 Å². The second kappa shape index (κ2) is 9.67. The van der Waals surface area contributed by atoms with E-state index in [2.05, 4.69) is 34.4 Å². The number of rotatable bonds is 7. The van der Waals surface area contributed by atoms with Crippen molar-refractivity contribution >= 4 is 17.3 Å². The minimum absolute atomic E-state index is 0.297. The topological polar surface area (TPSA) is 76.1 Å². The Morgan fingerprint density at radius 1 is 1.13 bits per heavy atom. The maximum absolute atomic E-state index is 12.3. The molecule has 2 saturated carbocycles. The lowest BCUT2D eigenvalue weighted by molar-refractivity contribution is 0.0526. The minimum Gasteiger partial charge on any atom is -0.462 e. The van der Waals surface area contributed by atoms with E-state index < -0.39 is 0 Å². The average Bonchev–Trinajstić information content (AvgIpc) is 2.76. The van der Waals surface area contributed by atoms with Crippen LogP contribution in [0.4, 0.5) is 11.4 Å². The van der Waals surface area contributed by atoms with Gasteiger partial charge < -0.3 is 15.4 Å². The summed E-state index contributed by atoms with van der Waals surface area (Å²) in [5.74, 6) is 2.73. The largest absolute Gasteiger partial charge is 0.462 e. The van der Waals surface area contributed by atoms with Gasteiger partial charge in [-0.05, 0) is 80.5 Å². The van der Waals surface area contributed by atoms with Gasteiger partial charge in [0.15, 0.2) is 0 Å². The van der Waals surface area contributed by atoms with Crippen molar-refractivity contribution in [2.75, 3.05) is 17.2 Å². The molecule has 0 aliphatic heterocycles. The first-order valence-corrected chi connectivity index (χ1v) is 11.6. The predicted molar refractivity (Wildman–Crippen MR) is 123 cm³/mol. The highest BCUT2D eigenvalue weighted by molar-refractivity contribution is 5.92. The van der Waals surface area contributed by atoms with Crippen molar-refractivity contribution in [1.82, 2.24) is 9.97 Å². The van der Waals surface area contributed by atoms with Crippen LogP contribution in [-0.2, 0) is 11.3 Å². The average molecular weight is 423 g/mol. The minimum atomic E-state index is -0.297. The van der Waals surface area contributed by atoms with Crippen LogP contribution in [-0.4, -0.2) is 28.6 Å². The van der Waals surface area contributed by atoms with Gasteiger partial charge in [-0.15, -0.1) is 0 Å². The van der Waals surface area contributed by atoms with Gasteiger partial charge in [-0.2, -0.15) is 0 Å². The molecule has 2 aromatic rings. The highest BCUT2D eigenvalue weighted by atomic mass is 16.5. The molecule has 1 aromatic heterocycles. The molecule has 0 spiro atoms. The molecule has 2 bridgehead atoms. The molecule has 2 N–H and O–H groups in total. The number of nitrogens with one attached hydrogen (secondary N) is 2. The number of carbonyl (C=O) groups is 1. The van der Waals surface area contributed by atoms with Gasteiger partial charge in [0.1, 0.15) is 6.33 Å². The van der Waals surface area contributed by atoms with E-state index in [0.717, 1.165) is 28.9 Å². The first-order chi connectivity index (χ1) is 15.0. The number of esters is 1. The zero-order valence-electron chi connectivity index (χ0n) is 18.8. The van der Waals surface area contributed by atoms with Gasteiger partial charge in [-0.25, -0.2) is 14.8 Å². The lowest BCUT2D eigenvalue weighted by Gasteiger charge is -2.47. The van der Waals surface area contributed by atoms with Crippen LogP contribution in [0.1, 0.15) is 62.5 Å². The van der Waals surface area contributed by atoms with E-state index >= 15 is 0 Å². The maximum Gasteiger partial charge on any atom is 0.338 e. The second-order valence-electron chi connectivity index (χ2n) is 9.36. The standard InChI is InChI=1S/C25H34N4O2/c1-4-31-25(30)19-5-6-22(23(13-19)27-14-21-7-8-26-15-28-21)29-24-17(3)11-18-9-16(2)10-20(24)12-18/h5-8,13,15-18,20,24,27,29H,4,9-12,14H2,1-3H3. The van der Waals surface area contributed by atoms with E-state index in [0.29, 0.717) is 36.6 Å². The van der Waals surface area contributed by atoms with E-state index in [4.69, 9.17) is 4.74 Å². The molecular weight excluding hydrogens is 388 g/mol. The summed E-state index contributed by atoms with van der Waals surface area (Å²) in [6.45, 7) is 7.53. The van der Waals surface area contributed by atoms with Gasteiger partial charge in [0.2, 0.25) is 0 Å². The third-order valence-electron chi connectivity index (χ3n) is 6.86. The fourth-order valence-corrected chi connectivity index (χ4v) is 5.63. The van der Waals surface area contributed by atoms with Crippen molar-refractivity contribution in [1.29, 1.82) is 0 Å². The van der Waals surface area contributed by atoms with Crippen LogP contribution in [0.5, 0.6) is 0 Å². The molecule has 0 saturated heterocycles. The third-order valence-corrected chi connectivity index (χ3v) is 6.86. The predicted octanol–water partition coefficient (Wildman–Crippen LogP) is 5.14. The van der Waals surface area contributed by atoms with Crippen molar-refractivity contribution in [3.63, 3.8) is 0 Å². The van der Waals surface area contributed by atoms with Crippen LogP contribution in [0.15, 0.2) is 36.8 Å². The van der Waals surface area contributed by atoms with E-state index in [1.54, 1.807) is 12.5 Å². The maximum atomic E-state index is 12.3. The van der Waals surface area contributed by atoms with Crippen molar-refractivity contribution in [3.05, 3.63) is 48.0 Å². The molecule has 166 valence electrons. The molecular formula is C25H34N4O2. The smallest absolute Gasteiger partial charge is 0.338 e. The number of hydrogen-bond donors (Lipinski definition) is 2. The van der Waals surface area contributed by atoms with Gasteiger partial charge in [0, 0.05) is 12.2 Å². The van der Waals surface area contributed by atoms with Gasteiger partial charge >= 0.3 is 5.97 Å². The fourth-order valence-electron chi connectivity index (χ4n) is 5.63. The fraction of sp³-hybridized carbons (Fsp3) is 0.560. The molecule has 6 heteroatoms.